The van der Waals surface area contributed by atoms with Crippen LogP contribution >= 0.6 is 23.2 Å². The number of furan rings is 1. The number of nitrogens with one attached hydrogen (secondary N) is 1. The SMILES string of the molecule is CNC(c1cccc(Cl)c1Cl)c1occc1C. The molecule has 0 saturated carbocycles. The maximum Gasteiger partial charge on any atom is 0.128 e. The van der Waals surface area contributed by atoms with Crippen LogP contribution in [0.5, 0.6) is 0 Å². The van der Waals surface area contributed by atoms with Crippen LogP contribution in [-0.4, -0.2) is 7.05 Å². The Morgan fingerprint density at radius 1 is 1.24 bits per heavy atom. The lowest BCUT2D eigenvalue weighted by molar-refractivity contribution is 0.460. The largest absolute Gasteiger partial charge is 0.467 e. The fourth-order valence-corrected chi connectivity index (χ4v) is 2.27. The van der Waals surface area contributed by atoms with Crippen LogP contribution < -0.4 is 5.32 Å². The van der Waals surface area contributed by atoms with Gasteiger partial charge in [0.25, 0.3) is 0 Å². The van der Waals surface area contributed by atoms with Crippen LogP contribution in [-0.2, 0) is 0 Å². The van der Waals surface area contributed by atoms with Gasteiger partial charge in [0.15, 0.2) is 0 Å². The van der Waals surface area contributed by atoms with Gasteiger partial charge in [0, 0.05) is 0 Å². The predicted molar refractivity (Wildman–Crippen MR) is 70.8 cm³/mol. The third-order valence-corrected chi connectivity index (χ3v) is 3.58. The monoisotopic (exact) mass is 269 g/mol. The van der Waals surface area contributed by atoms with Gasteiger partial charge < -0.3 is 9.73 Å². The molecule has 1 N–H and O–H groups in total. The Kier molecular flexibility index (Phi) is 3.77. The highest BCUT2D eigenvalue weighted by molar-refractivity contribution is 6.42. The molecule has 2 aromatic rings. The Morgan fingerprint density at radius 2 is 2.00 bits per heavy atom. The summed E-state index contributed by atoms with van der Waals surface area (Å²) in [6.07, 6.45) is 1.67. The van der Waals surface area contributed by atoms with Crippen molar-refractivity contribution in [2.45, 2.75) is 13.0 Å². The highest BCUT2D eigenvalue weighted by Gasteiger charge is 2.20. The molecule has 0 spiro atoms. The number of aryl methyl sites for hydroxylation is 1. The van der Waals surface area contributed by atoms with Gasteiger partial charge >= 0.3 is 0 Å². The summed E-state index contributed by atoms with van der Waals surface area (Å²) in [6, 6.07) is 7.44. The van der Waals surface area contributed by atoms with E-state index in [4.69, 9.17) is 27.6 Å². The third-order valence-electron chi connectivity index (χ3n) is 2.75. The standard InChI is InChI=1S/C13H13Cl2NO/c1-8-6-7-17-13(8)12(16-2)9-4-3-5-10(14)11(9)15/h3-7,12,16H,1-2H3. The van der Waals surface area contributed by atoms with Crippen molar-refractivity contribution < 1.29 is 4.42 Å². The second-order valence-corrected chi connectivity index (χ2v) is 4.62. The van der Waals surface area contributed by atoms with Crippen LogP contribution in [0, 0.1) is 6.92 Å². The summed E-state index contributed by atoms with van der Waals surface area (Å²) in [5, 5.41) is 4.30. The molecule has 0 aliphatic heterocycles. The first-order valence-electron chi connectivity index (χ1n) is 5.30. The molecule has 1 heterocycles. The normalized spacial score (nSPS) is 12.7. The van der Waals surface area contributed by atoms with Crippen molar-refractivity contribution in [3.63, 3.8) is 0 Å². The molecule has 4 heteroatoms. The van der Waals surface area contributed by atoms with Crippen molar-refractivity contribution in [2.75, 3.05) is 7.05 Å². The molecule has 1 atom stereocenters. The van der Waals surface area contributed by atoms with Gasteiger partial charge in [-0.15, -0.1) is 0 Å². The molecule has 2 rings (SSSR count). The summed E-state index contributed by atoms with van der Waals surface area (Å²) in [7, 11) is 1.86. The topological polar surface area (TPSA) is 25.2 Å². The molecule has 0 radical (unpaired) electrons. The molecular formula is C13H13Cl2NO. The average Bonchev–Trinajstić information content (AvgIpc) is 2.72. The average molecular weight is 270 g/mol. The number of benzene rings is 1. The summed E-state index contributed by atoms with van der Waals surface area (Å²) >= 11 is 12.2. The van der Waals surface area contributed by atoms with Gasteiger partial charge in [-0.1, -0.05) is 35.3 Å². The van der Waals surface area contributed by atoms with Crippen molar-refractivity contribution in [1.29, 1.82) is 0 Å². The molecule has 0 fully saturated rings. The molecule has 2 nitrogen and oxygen atoms in total. The fourth-order valence-electron chi connectivity index (χ4n) is 1.85. The van der Waals surface area contributed by atoms with E-state index < -0.39 is 0 Å². The van der Waals surface area contributed by atoms with Gasteiger partial charge in [-0.2, -0.15) is 0 Å². The summed E-state index contributed by atoms with van der Waals surface area (Å²) in [4.78, 5) is 0. The van der Waals surface area contributed by atoms with Gasteiger partial charge in [-0.05, 0) is 37.2 Å². The van der Waals surface area contributed by atoms with Crippen LogP contribution in [0.1, 0.15) is 22.9 Å². The first-order valence-corrected chi connectivity index (χ1v) is 6.06. The van der Waals surface area contributed by atoms with E-state index in [-0.39, 0.29) is 6.04 Å². The van der Waals surface area contributed by atoms with E-state index in [1.165, 1.54) is 0 Å². The predicted octanol–water partition coefficient (Wildman–Crippen LogP) is 4.20. The van der Waals surface area contributed by atoms with Crippen molar-refractivity contribution in [2.24, 2.45) is 0 Å². The highest BCUT2D eigenvalue weighted by atomic mass is 35.5. The molecular weight excluding hydrogens is 257 g/mol. The zero-order valence-corrected chi connectivity index (χ0v) is 11.1. The minimum absolute atomic E-state index is 0.0869. The summed E-state index contributed by atoms with van der Waals surface area (Å²) in [5.41, 5.74) is 2.00. The van der Waals surface area contributed by atoms with Crippen LogP contribution in [0.15, 0.2) is 34.9 Å². The van der Waals surface area contributed by atoms with Crippen LogP contribution in [0.2, 0.25) is 10.0 Å². The van der Waals surface area contributed by atoms with E-state index >= 15 is 0 Å². The van der Waals surface area contributed by atoms with Crippen molar-refractivity contribution in [3.8, 4) is 0 Å². The molecule has 0 saturated heterocycles. The van der Waals surface area contributed by atoms with E-state index in [0.717, 1.165) is 16.9 Å². The van der Waals surface area contributed by atoms with Crippen LogP contribution in [0.4, 0.5) is 0 Å². The summed E-state index contributed by atoms with van der Waals surface area (Å²) in [5.74, 6) is 0.858. The van der Waals surface area contributed by atoms with Gasteiger partial charge in [0.1, 0.15) is 5.76 Å². The van der Waals surface area contributed by atoms with E-state index in [9.17, 15) is 0 Å². The van der Waals surface area contributed by atoms with Crippen molar-refractivity contribution in [3.05, 3.63) is 57.5 Å². The van der Waals surface area contributed by atoms with Gasteiger partial charge in [-0.25, -0.2) is 0 Å². The first-order chi connectivity index (χ1) is 8.15. The Morgan fingerprint density at radius 3 is 2.59 bits per heavy atom. The Balaban J connectivity index is 2.50. The van der Waals surface area contributed by atoms with E-state index in [0.29, 0.717) is 10.0 Å². The molecule has 1 aromatic heterocycles. The minimum Gasteiger partial charge on any atom is -0.467 e. The zero-order chi connectivity index (χ0) is 12.4. The fraction of sp³-hybridized carbons (Fsp3) is 0.231. The second-order valence-electron chi connectivity index (χ2n) is 3.83. The first kappa shape index (κ1) is 12.5. The summed E-state index contributed by atoms with van der Waals surface area (Å²) in [6.45, 7) is 2.00. The molecule has 1 aromatic carbocycles. The van der Waals surface area contributed by atoms with E-state index in [1.807, 2.05) is 32.2 Å². The van der Waals surface area contributed by atoms with E-state index in [1.54, 1.807) is 12.3 Å². The minimum atomic E-state index is -0.0869. The van der Waals surface area contributed by atoms with E-state index in [2.05, 4.69) is 5.32 Å². The van der Waals surface area contributed by atoms with Gasteiger partial charge in [0.05, 0.1) is 22.4 Å². The van der Waals surface area contributed by atoms with Crippen molar-refractivity contribution in [1.82, 2.24) is 5.32 Å². The molecule has 0 aliphatic rings. The quantitative estimate of drug-likeness (QED) is 0.904. The smallest absolute Gasteiger partial charge is 0.128 e. The zero-order valence-electron chi connectivity index (χ0n) is 9.63. The van der Waals surface area contributed by atoms with Crippen molar-refractivity contribution >= 4 is 23.2 Å². The van der Waals surface area contributed by atoms with Gasteiger partial charge in [-0.3, -0.25) is 0 Å². The van der Waals surface area contributed by atoms with Crippen LogP contribution in [0.25, 0.3) is 0 Å². The van der Waals surface area contributed by atoms with Gasteiger partial charge in [0.2, 0.25) is 0 Å². The molecule has 17 heavy (non-hydrogen) atoms. The second kappa shape index (κ2) is 5.13. The lowest BCUT2D eigenvalue weighted by Gasteiger charge is -2.17. The molecule has 0 amide bonds. The Hall–Kier alpha value is -0.960. The third kappa shape index (κ3) is 2.34. The lowest BCUT2D eigenvalue weighted by Crippen LogP contribution is -2.18. The maximum absolute atomic E-state index is 6.22. The number of halogens is 2. The molecule has 90 valence electrons. The molecule has 0 aliphatic carbocycles. The number of hydrogen-bond acceptors (Lipinski definition) is 2. The Bertz CT molecular complexity index is 522. The molecule has 0 bridgehead atoms. The Labute approximate surface area is 111 Å². The maximum atomic E-state index is 6.22. The number of rotatable bonds is 3. The number of hydrogen-bond donors (Lipinski definition) is 1. The highest BCUT2D eigenvalue weighted by Crippen LogP contribution is 2.34. The summed E-state index contributed by atoms with van der Waals surface area (Å²) < 4.78 is 5.50. The lowest BCUT2D eigenvalue weighted by atomic mass is 10.0. The molecule has 1 unspecified atom stereocenters. The van der Waals surface area contributed by atoms with Crippen LogP contribution in [0.3, 0.4) is 0 Å².